The fourth-order valence-corrected chi connectivity index (χ4v) is 4.44. The normalized spacial score (nSPS) is 17.5. The van der Waals surface area contributed by atoms with E-state index >= 15 is 0 Å². The number of halogens is 4. The number of hydrogen-bond acceptors (Lipinski definition) is 5. The highest BCUT2D eigenvalue weighted by Gasteiger charge is 2.38. The number of likely N-dealkylation sites (tertiary alicyclic amines) is 2. The maximum atomic E-state index is 13.1. The van der Waals surface area contributed by atoms with E-state index in [9.17, 15) is 22.4 Å². The minimum absolute atomic E-state index is 0.198. The molecular formula is C24H29F4N3O4. The highest BCUT2D eigenvalue weighted by atomic mass is 19.4. The third-order valence-corrected chi connectivity index (χ3v) is 6.33. The number of aliphatic carboxylic acids is 1. The molecule has 3 heterocycles. The predicted octanol–water partition coefficient (Wildman–Crippen LogP) is 4.52. The highest BCUT2D eigenvalue weighted by molar-refractivity contribution is 5.77. The van der Waals surface area contributed by atoms with E-state index in [-0.39, 0.29) is 11.7 Å². The Balaban J connectivity index is 0.000000429. The Morgan fingerprint density at radius 2 is 1.63 bits per heavy atom. The molecule has 1 N–H and O–H groups in total. The molecule has 0 spiro atoms. The summed E-state index contributed by atoms with van der Waals surface area (Å²) in [5, 5.41) is 11.0. The fraction of sp³-hybridized carbons (Fsp3) is 0.542. The number of carbonyl (C=O) groups is 2. The van der Waals surface area contributed by atoms with Crippen molar-refractivity contribution in [1.29, 1.82) is 0 Å². The molecule has 35 heavy (non-hydrogen) atoms. The molecule has 2 fully saturated rings. The van der Waals surface area contributed by atoms with Crippen LogP contribution in [0.15, 0.2) is 35.0 Å². The van der Waals surface area contributed by atoms with E-state index in [4.69, 9.17) is 14.4 Å². The van der Waals surface area contributed by atoms with Gasteiger partial charge in [0.15, 0.2) is 5.76 Å². The van der Waals surface area contributed by atoms with E-state index in [0.717, 1.165) is 37.1 Å². The van der Waals surface area contributed by atoms with Gasteiger partial charge >= 0.3 is 12.1 Å². The smallest absolute Gasteiger partial charge is 0.475 e. The number of amides is 1. The van der Waals surface area contributed by atoms with E-state index < -0.39 is 12.1 Å². The first-order valence-corrected chi connectivity index (χ1v) is 11.7. The minimum Gasteiger partial charge on any atom is -0.475 e. The number of benzene rings is 1. The van der Waals surface area contributed by atoms with Gasteiger partial charge in [-0.3, -0.25) is 4.79 Å². The third-order valence-electron chi connectivity index (χ3n) is 6.33. The van der Waals surface area contributed by atoms with Crippen LogP contribution in [0.5, 0.6) is 0 Å². The van der Waals surface area contributed by atoms with Crippen molar-refractivity contribution in [3.05, 3.63) is 41.8 Å². The molecule has 1 amide bonds. The number of rotatable bonds is 5. The highest BCUT2D eigenvalue weighted by Crippen LogP contribution is 2.26. The van der Waals surface area contributed by atoms with Crippen LogP contribution in [0, 0.1) is 5.82 Å². The van der Waals surface area contributed by atoms with Crippen LogP contribution in [0.3, 0.4) is 0 Å². The van der Waals surface area contributed by atoms with Crippen LogP contribution < -0.4 is 0 Å². The minimum atomic E-state index is -5.08. The zero-order valence-electron chi connectivity index (χ0n) is 19.3. The van der Waals surface area contributed by atoms with Crippen molar-refractivity contribution < 1.29 is 36.8 Å². The Bertz CT molecular complexity index is 964. The molecule has 0 saturated carbocycles. The second kappa shape index (κ2) is 12.1. The van der Waals surface area contributed by atoms with E-state index in [1.54, 1.807) is 18.3 Å². The lowest BCUT2D eigenvalue weighted by Gasteiger charge is -2.40. The zero-order chi connectivity index (χ0) is 25.4. The summed E-state index contributed by atoms with van der Waals surface area (Å²) in [5.41, 5.74) is 1.67. The number of piperidine rings is 2. The zero-order valence-corrected chi connectivity index (χ0v) is 19.3. The number of nitrogens with zero attached hydrogens (tertiary/aromatic N) is 3. The van der Waals surface area contributed by atoms with Gasteiger partial charge in [-0.05, 0) is 69.5 Å². The molecule has 2 aliphatic heterocycles. The van der Waals surface area contributed by atoms with Gasteiger partial charge in [-0.25, -0.2) is 9.18 Å². The lowest BCUT2D eigenvalue weighted by atomic mass is 9.99. The molecule has 192 valence electrons. The summed E-state index contributed by atoms with van der Waals surface area (Å²) in [4.78, 5) is 26.2. The first-order valence-electron chi connectivity index (χ1n) is 11.7. The van der Waals surface area contributed by atoms with E-state index in [1.807, 2.05) is 4.90 Å². The van der Waals surface area contributed by atoms with E-state index in [1.165, 1.54) is 44.5 Å². The van der Waals surface area contributed by atoms with Gasteiger partial charge in [-0.1, -0.05) is 11.6 Å². The van der Waals surface area contributed by atoms with Gasteiger partial charge in [0.25, 0.3) is 0 Å². The maximum Gasteiger partial charge on any atom is 0.490 e. The van der Waals surface area contributed by atoms with Crippen molar-refractivity contribution in [1.82, 2.24) is 15.0 Å². The molecule has 2 saturated heterocycles. The predicted molar refractivity (Wildman–Crippen MR) is 119 cm³/mol. The van der Waals surface area contributed by atoms with Crippen LogP contribution in [0.25, 0.3) is 11.3 Å². The molecular weight excluding hydrogens is 470 g/mol. The molecule has 1 aromatic heterocycles. The second-order valence-electron chi connectivity index (χ2n) is 8.70. The van der Waals surface area contributed by atoms with Crippen LogP contribution >= 0.6 is 0 Å². The average Bonchev–Trinajstić information content (AvgIpc) is 3.32. The molecule has 0 atom stereocenters. The topological polar surface area (TPSA) is 86.9 Å². The maximum absolute atomic E-state index is 13.1. The first-order chi connectivity index (χ1) is 16.6. The summed E-state index contributed by atoms with van der Waals surface area (Å²) >= 11 is 0. The van der Waals surface area contributed by atoms with Gasteiger partial charge < -0.3 is 19.4 Å². The van der Waals surface area contributed by atoms with E-state index in [0.29, 0.717) is 24.6 Å². The summed E-state index contributed by atoms with van der Waals surface area (Å²) in [5.74, 6) is -2.22. The quantitative estimate of drug-likeness (QED) is 0.609. The molecule has 0 aliphatic carbocycles. The van der Waals surface area contributed by atoms with Gasteiger partial charge in [0, 0.05) is 36.7 Å². The van der Waals surface area contributed by atoms with Gasteiger partial charge in [-0.15, -0.1) is 0 Å². The van der Waals surface area contributed by atoms with Gasteiger partial charge in [0.05, 0.1) is 6.20 Å². The Labute approximate surface area is 200 Å². The Morgan fingerprint density at radius 1 is 1.03 bits per heavy atom. The molecule has 2 aliphatic rings. The van der Waals surface area contributed by atoms with Crippen LogP contribution in [0.1, 0.15) is 44.1 Å². The lowest BCUT2D eigenvalue weighted by molar-refractivity contribution is -0.192. The summed E-state index contributed by atoms with van der Waals surface area (Å²) in [6.07, 6.45) is 3.76. The van der Waals surface area contributed by atoms with Crippen LogP contribution in [0.4, 0.5) is 17.6 Å². The number of carbonyl (C=O) groups excluding carboxylic acids is 1. The number of alkyl halides is 3. The van der Waals surface area contributed by atoms with E-state index in [2.05, 4.69) is 10.1 Å². The van der Waals surface area contributed by atoms with Crippen molar-refractivity contribution in [2.45, 2.75) is 57.2 Å². The number of hydrogen-bond donors (Lipinski definition) is 1. The second-order valence-corrected chi connectivity index (χ2v) is 8.70. The van der Waals surface area contributed by atoms with Crippen molar-refractivity contribution in [3.8, 4) is 11.3 Å². The van der Waals surface area contributed by atoms with Crippen molar-refractivity contribution in [2.24, 2.45) is 0 Å². The third kappa shape index (κ3) is 7.78. The number of aromatic nitrogens is 1. The molecule has 0 radical (unpaired) electrons. The number of carboxylic acids is 1. The molecule has 7 nitrogen and oxygen atoms in total. The SMILES string of the molecule is O=C(CCc1cnoc1-c1ccc(F)cc1)N1CCC(N2CCCCC2)CC1.O=C(O)C(F)(F)F. The standard InChI is InChI=1S/C22H28FN3O2.C2HF3O2/c23-19-7-4-17(5-8-19)22-18(16-24-28-22)6-9-21(27)26-14-10-20(11-15-26)25-12-2-1-3-13-25;3-2(4,5)1(6)7/h4-5,7-8,16,20H,1-3,6,9-15H2;(H,6,7). The first kappa shape index (κ1) is 26.7. The van der Waals surface area contributed by atoms with Crippen molar-refractivity contribution in [3.63, 3.8) is 0 Å². The van der Waals surface area contributed by atoms with Gasteiger partial charge in [0.2, 0.25) is 5.91 Å². The van der Waals surface area contributed by atoms with Gasteiger partial charge in [-0.2, -0.15) is 13.2 Å². The number of carboxylic acid groups (broad SMARTS) is 1. The largest absolute Gasteiger partial charge is 0.490 e. The van der Waals surface area contributed by atoms with Crippen LogP contribution in [-0.2, 0) is 16.0 Å². The average molecular weight is 500 g/mol. The van der Waals surface area contributed by atoms with Crippen molar-refractivity contribution >= 4 is 11.9 Å². The van der Waals surface area contributed by atoms with Crippen LogP contribution in [0.2, 0.25) is 0 Å². The lowest BCUT2D eigenvalue weighted by Crippen LogP contribution is -2.48. The molecule has 2 aromatic rings. The van der Waals surface area contributed by atoms with Crippen LogP contribution in [-0.4, -0.2) is 70.3 Å². The summed E-state index contributed by atoms with van der Waals surface area (Å²) < 4.78 is 50.2. The molecule has 0 unspecified atom stereocenters. The summed E-state index contributed by atoms with van der Waals surface area (Å²) in [7, 11) is 0. The fourth-order valence-electron chi connectivity index (χ4n) is 4.44. The molecule has 0 bridgehead atoms. The monoisotopic (exact) mass is 499 g/mol. The molecule has 11 heteroatoms. The molecule has 4 rings (SSSR count). The Morgan fingerprint density at radius 3 is 2.20 bits per heavy atom. The Kier molecular flexibility index (Phi) is 9.25. The van der Waals surface area contributed by atoms with Crippen molar-refractivity contribution in [2.75, 3.05) is 26.2 Å². The molecule has 1 aromatic carbocycles. The summed E-state index contributed by atoms with van der Waals surface area (Å²) in [6, 6.07) is 6.80. The van der Waals surface area contributed by atoms with Gasteiger partial charge in [0.1, 0.15) is 5.82 Å². The Hall–Kier alpha value is -2.95. The summed E-state index contributed by atoms with van der Waals surface area (Å²) in [6.45, 7) is 4.15. The number of aryl methyl sites for hydroxylation is 1.